The largest absolute Gasteiger partial charge is 0.507 e. The van der Waals surface area contributed by atoms with Crippen LogP contribution in [0.4, 0.5) is 0 Å². The predicted molar refractivity (Wildman–Crippen MR) is 117 cm³/mol. The fourth-order valence-corrected chi connectivity index (χ4v) is 3.31. The van der Waals surface area contributed by atoms with Gasteiger partial charge < -0.3 is 24.1 Å². The Kier molecular flexibility index (Phi) is 7.00. The summed E-state index contributed by atoms with van der Waals surface area (Å²) in [5.41, 5.74) is -0.342. The van der Waals surface area contributed by atoms with E-state index in [0.717, 1.165) is 6.42 Å². The summed E-state index contributed by atoms with van der Waals surface area (Å²) < 4.78 is 16.5. The van der Waals surface area contributed by atoms with Crippen LogP contribution in [0.15, 0.2) is 39.5 Å². The molecule has 0 radical (unpaired) electrons. The molecule has 8 heteroatoms. The van der Waals surface area contributed by atoms with Gasteiger partial charge in [0.1, 0.15) is 28.9 Å². The van der Waals surface area contributed by atoms with Crippen LogP contribution in [-0.4, -0.2) is 29.2 Å². The van der Waals surface area contributed by atoms with E-state index in [1.54, 1.807) is 24.3 Å². The molecular weight excluding hydrogens is 414 g/mol. The molecule has 3 rings (SSSR count). The number of rotatable bonds is 9. The maximum atomic E-state index is 11.7. The van der Waals surface area contributed by atoms with Gasteiger partial charge in [-0.25, -0.2) is 4.79 Å². The lowest BCUT2D eigenvalue weighted by Crippen LogP contribution is -2.07. The van der Waals surface area contributed by atoms with Crippen LogP contribution in [0.5, 0.6) is 23.0 Å². The summed E-state index contributed by atoms with van der Waals surface area (Å²) >= 11 is 0. The molecular formula is C24H23NO7. The van der Waals surface area contributed by atoms with E-state index in [9.17, 15) is 19.8 Å². The summed E-state index contributed by atoms with van der Waals surface area (Å²) in [4.78, 5) is 23.4. The highest BCUT2D eigenvalue weighted by Crippen LogP contribution is 2.33. The van der Waals surface area contributed by atoms with Crippen LogP contribution in [-0.2, 0) is 6.42 Å². The highest BCUT2D eigenvalue weighted by atomic mass is 16.5. The minimum absolute atomic E-state index is 0.0337. The minimum atomic E-state index is -0.912. The van der Waals surface area contributed by atoms with Gasteiger partial charge in [0.15, 0.2) is 17.1 Å². The summed E-state index contributed by atoms with van der Waals surface area (Å²) in [6, 6.07) is 9.44. The molecule has 2 aromatic carbocycles. The van der Waals surface area contributed by atoms with Gasteiger partial charge in [0.25, 0.3) is 0 Å². The average Bonchev–Trinajstić information content (AvgIpc) is 2.75. The van der Waals surface area contributed by atoms with Crippen molar-refractivity contribution in [3.63, 3.8) is 0 Å². The van der Waals surface area contributed by atoms with Crippen LogP contribution in [0.3, 0.4) is 0 Å². The molecule has 0 spiro atoms. The van der Waals surface area contributed by atoms with E-state index in [1.165, 1.54) is 19.1 Å². The molecule has 8 nitrogen and oxygen atoms in total. The van der Waals surface area contributed by atoms with Gasteiger partial charge in [0.05, 0.1) is 24.2 Å². The van der Waals surface area contributed by atoms with Crippen molar-refractivity contribution in [1.82, 2.24) is 0 Å². The Morgan fingerprint density at radius 2 is 1.88 bits per heavy atom. The second-order valence-corrected chi connectivity index (χ2v) is 7.18. The first-order chi connectivity index (χ1) is 15.4. The standard InChI is InChI=1S/C24H23NO7/c1-3-5-17-20(9-8-16(14(2)26)22(17)27)31-11-4-10-30-15-6-7-18-21(12-15)32-24(29)19(13-25)23(18)28/h6-9,12,27-28H,3-5,10-11H2,1-2H3. The van der Waals surface area contributed by atoms with E-state index in [0.29, 0.717) is 43.1 Å². The number of fused-ring (bicyclic) bond motifs is 1. The molecule has 32 heavy (non-hydrogen) atoms. The topological polar surface area (TPSA) is 130 Å². The number of hydrogen-bond donors (Lipinski definition) is 2. The number of benzene rings is 2. The molecule has 0 aliphatic rings. The van der Waals surface area contributed by atoms with Crippen molar-refractivity contribution in [2.75, 3.05) is 13.2 Å². The van der Waals surface area contributed by atoms with E-state index < -0.39 is 16.9 Å². The Labute approximate surface area is 184 Å². The first-order valence-electron chi connectivity index (χ1n) is 10.2. The van der Waals surface area contributed by atoms with Crippen LogP contribution in [0.25, 0.3) is 11.0 Å². The molecule has 1 heterocycles. The first kappa shape index (κ1) is 22.7. The second kappa shape index (κ2) is 9.88. The van der Waals surface area contributed by atoms with Crippen molar-refractivity contribution >= 4 is 16.8 Å². The van der Waals surface area contributed by atoms with Crippen molar-refractivity contribution in [1.29, 1.82) is 5.26 Å². The van der Waals surface area contributed by atoms with Gasteiger partial charge in [0.2, 0.25) is 0 Å². The smallest absolute Gasteiger partial charge is 0.358 e. The Morgan fingerprint density at radius 1 is 1.12 bits per heavy atom. The normalized spacial score (nSPS) is 10.7. The number of hydrogen-bond acceptors (Lipinski definition) is 8. The average molecular weight is 437 g/mol. The molecule has 0 unspecified atom stereocenters. The lowest BCUT2D eigenvalue weighted by Gasteiger charge is -2.15. The van der Waals surface area contributed by atoms with Crippen molar-refractivity contribution in [2.45, 2.75) is 33.1 Å². The van der Waals surface area contributed by atoms with Gasteiger partial charge >= 0.3 is 5.63 Å². The van der Waals surface area contributed by atoms with Gasteiger partial charge in [0, 0.05) is 18.1 Å². The monoisotopic (exact) mass is 437 g/mol. The number of Topliss-reactive ketones (excluding diaryl/α,β-unsaturated/α-hetero) is 1. The summed E-state index contributed by atoms with van der Waals surface area (Å²) in [7, 11) is 0. The van der Waals surface area contributed by atoms with E-state index in [-0.39, 0.29) is 28.1 Å². The molecule has 1 aromatic heterocycles. The van der Waals surface area contributed by atoms with Crippen molar-refractivity contribution in [2.24, 2.45) is 0 Å². The molecule has 0 bridgehead atoms. The Bertz CT molecular complexity index is 1250. The Morgan fingerprint density at radius 3 is 2.56 bits per heavy atom. The maximum absolute atomic E-state index is 11.7. The van der Waals surface area contributed by atoms with Gasteiger partial charge in [-0.05, 0) is 37.6 Å². The molecule has 3 aromatic rings. The van der Waals surface area contributed by atoms with Gasteiger partial charge in [-0.3, -0.25) is 4.79 Å². The third-order valence-electron chi connectivity index (χ3n) is 4.90. The van der Waals surface area contributed by atoms with Crippen LogP contribution < -0.4 is 15.1 Å². The molecule has 0 fully saturated rings. The van der Waals surface area contributed by atoms with Crippen molar-refractivity contribution in [3.8, 4) is 29.1 Å². The van der Waals surface area contributed by atoms with E-state index >= 15 is 0 Å². The fraction of sp³-hybridized carbons (Fsp3) is 0.292. The third kappa shape index (κ3) is 4.67. The van der Waals surface area contributed by atoms with Crippen LogP contribution >= 0.6 is 0 Å². The maximum Gasteiger partial charge on any atom is 0.358 e. The number of phenols is 1. The number of aromatic hydroxyl groups is 2. The number of ketones is 1. The molecule has 0 amide bonds. The molecule has 0 aliphatic heterocycles. The zero-order valence-electron chi connectivity index (χ0n) is 17.8. The third-order valence-corrected chi connectivity index (χ3v) is 4.90. The Balaban J connectivity index is 1.62. The molecule has 2 N–H and O–H groups in total. The number of carbonyl (C=O) groups excluding carboxylic acids is 1. The summed E-state index contributed by atoms with van der Waals surface area (Å²) in [6.45, 7) is 4.01. The number of carbonyl (C=O) groups is 1. The van der Waals surface area contributed by atoms with Crippen LogP contribution in [0.1, 0.15) is 48.2 Å². The van der Waals surface area contributed by atoms with E-state index in [2.05, 4.69) is 0 Å². The summed E-state index contributed by atoms with van der Waals surface area (Å²) in [5.74, 6) is 0.308. The van der Waals surface area contributed by atoms with Gasteiger partial charge in [-0.15, -0.1) is 0 Å². The van der Waals surface area contributed by atoms with Crippen LogP contribution in [0.2, 0.25) is 0 Å². The highest BCUT2D eigenvalue weighted by Gasteiger charge is 2.16. The zero-order chi connectivity index (χ0) is 23.3. The summed E-state index contributed by atoms with van der Waals surface area (Å²) in [6.07, 6.45) is 1.90. The van der Waals surface area contributed by atoms with Gasteiger partial charge in [-0.1, -0.05) is 13.3 Å². The molecule has 0 saturated heterocycles. The number of nitrogens with zero attached hydrogens (tertiary/aromatic N) is 1. The highest BCUT2D eigenvalue weighted by molar-refractivity contribution is 5.97. The number of phenolic OH excluding ortho intramolecular Hbond substituents is 1. The second-order valence-electron chi connectivity index (χ2n) is 7.18. The first-order valence-corrected chi connectivity index (χ1v) is 10.2. The number of ether oxygens (including phenoxy) is 2. The minimum Gasteiger partial charge on any atom is -0.507 e. The number of nitriles is 1. The van der Waals surface area contributed by atoms with E-state index in [1.807, 2.05) is 6.92 Å². The zero-order valence-corrected chi connectivity index (χ0v) is 17.8. The lowest BCUT2D eigenvalue weighted by molar-refractivity contribution is 0.101. The van der Waals surface area contributed by atoms with Gasteiger partial charge in [-0.2, -0.15) is 5.26 Å². The fourth-order valence-electron chi connectivity index (χ4n) is 3.31. The molecule has 0 saturated carbocycles. The molecule has 166 valence electrons. The molecule has 0 atom stereocenters. The quantitative estimate of drug-likeness (QED) is 0.291. The lowest BCUT2D eigenvalue weighted by atomic mass is 10.0. The van der Waals surface area contributed by atoms with E-state index in [4.69, 9.17) is 19.2 Å². The Hall–Kier alpha value is -3.99. The predicted octanol–water partition coefficient (Wildman–Crippen LogP) is 4.08. The van der Waals surface area contributed by atoms with Crippen LogP contribution in [0, 0.1) is 11.3 Å². The van der Waals surface area contributed by atoms with Crippen molar-refractivity contribution in [3.05, 3.63) is 57.4 Å². The molecule has 0 aliphatic carbocycles. The van der Waals surface area contributed by atoms with Crippen molar-refractivity contribution < 1.29 is 28.9 Å². The summed E-state index contributed by atoms with van der Waals surface area (Å²) in [5, 5.41) is 29.6. The SMILES string of the molecule is CCCc1c(OCCCOc2ccc3c(O)c(C#N)c(=O)oc3c2)ccc(C(C)=O)c1O.